The van der Waals surface area contributed by atoms with Gasteiger partial charge in [-0.25, -0.2) is 0 Å². The molecule has 54 heavy (non-hydrogen) atoms. The van der Waals surface area contributed by atoms with Crippen LogP contribution < -0.4 is 0 Å². The molecule has 0 aliphatic rings. The molecule has 3 nitrogen and oxygen atoms in total. The first kappa shape index (κ1) is 27.7. The van der Waals surface area contributed by atoms with E-state index >= 15 is 0 Å². The Labute approximate surface area is 311 Å². The lowest BCUT2D eigenvalue weighted by molar-refractivity contribution is 1.18. The van der Waals surface area contributed by atoms with Crippen LogP contribution in [0.1, 0.15) is 0 Å². The van der Waals surface area contributed by atoms with Gasteiger partial charge in [-0.1, -0.05) is 109 Å². The Balaban J connectivity index is 1.05. The zero-order valence-electron chi connectivity index (χ0n) is 28.8. The normalized spacial score (nSPS) is 12.8. The number of thiophene rings is 1. The van der Waals surface area contributed by atoms with Crippen LogP contribution in [0.5, 0.6) is 0 Å². The number of hydrogen-bond donors (Lipinski definition) is 0. The molecule has 6 aromatic heterocycles. The van der Waals surface area contributed by atoms with Gasteiger partial charge in [0.25, 0.3) is 0 Å². The molecular weight excluding hydrogens is 675 g/mol. The lowest BCUT2D eigenvalue weighted by Gasteiger charge is -2.10. The Hall–Kier alpha value is -6.88. The van der Waals surface area contributed by atoms with Gasteiger partial charge in [0.2, 0.25) is 0 Å². The molecule has 0 aliphatic heterocycles. The van der Waals surface area contributed by atoms with Crippen molar-refractivity contribution in [1.82, 2.24) is 13.4 Å². The van der Waals surface area contributed by atoms with E-state index in [1.54, 1.807) is 0 Å². The summed E-state index contributed by atoms with van der Waals surface area (Å²) in [5, 5.41) is 15.7. The van der Waals surface area contributed by atoms with Crippen molar-refractivity contribution in [1.29, 1.82) is 0 Å². The topological polar surface area (TPSA) is 13.8 Å². The van der Waals surface area contributed by atoms with Crippen LogP contribution in [0.25, 0.3) is 124 Å². The molecule has 0 amide bonds. The Bertz CT molecular complexity index is 3850. The van der Waals surface area contributed by atoms with Gasteiger partial charge in [-0.15, -0.1) is 11.3 Å². The van der Waals surface area contributed by atoms with E-state index in [0.29, 0.717) is 0 Å². The van der Waals surface area contributed by atoms with Gasteiger partial charge in [0.15, 0.2) is 0 Å². The first-order valence-electron chi connectivity index (χ1n) is 18.6. The highest BCUT2D eigenvalue weighted by atomic mass is 32.1. The van der Waals surface area contributed by atoms with Gasteiger partial charge < -0.3 is 8.97 Å². The number of hydrogen-bond acceptors (Lipinski definition) is 1. The summed E-state index contributed by atoms with van der Waals surface area (Å²) in [5.41, 5.74) is 11.3. The van der Waals surface area contributed by atoms with E-state index in [1.807, 2.05) is 11.3 Å². The molecule has 0 saturated carbocycles. The SMILES string of the molecule is c1cc2ccc3c4cc(-n5c6ccccc6c6ccccc65)ccc4n4c5sc(-c6ccc7c(c6)c6cccc8c9ccccc9n7c86)cc5c(c1)c2c34. The van der Waals surface area contributed by atoms with E-state index in [1.165, 1.54) is 124 Å². The number of benzene rings is 8. The standard InChI is InChI=1S/C50H27N3S/c1-4-16-41-31(10-1)32-11-2-5-17-42(32)51(41)30-21-24-45-39(26-30)37-22-19-28-9-7-13-34-40-27-46(54-50(40)53(45)49(37)47(28)34)29-20-23-44-38(25-29)36-15-8-14-35-33-12-3-6-18-43(33)52(44)48(35)36/h1-27H. The minimum absolute atomic E-state index is 1.19. The summed E-state index contributed by atoms with van der Waals surface area (Å²) in [6.07, 6.45) is 0. The highest BCUT2D eigenvalue weighted by Crippen LogP contribution is 2.47. The van der Waals surface area contributed by atoms with Crippen molar-refractivity contribution >= 4 is 119 Å². The molecule has 0 aliphatic carbocycles. The minimum Gasteiger partial charge on any atom is -0.309 e. The van der Waals surface area contributed by atoms with Crippen LogP contribution in [0.3, 0.4) is 0 Å². The number of aromatic nitrogens is 3. The lowest BCUT2D eigenvalue weighted by atomic mass is 10.00. The Morgan fingerprint density at radius 3 is 1.76 bits per heavy atom. The highest BCUT2D eigenvalue weighted by molar-refractivity contribution is 7.22. The number of rotatable bonds is 2. The molecule has 248 valence electrons. The summed E-state index contributed by atoms with van der Waals surface area (Å²) < 4.78 is 7.46. The summed E-state index contributed by atoms with van der Waals surface area (Å²) >= 11 is 1.91. The fourth-order valence-corrected chi connectivity index (χ4v) is 11.3. The largest absolute Gasteiger partial charge is 0.309 e. The van der Waals surface area contributed by atoms with Crippen molar-refractivity contribution in [2.24, 2.45) is 0 Å². The zero-order chi connectivity index (χ0) is 34.8. The van der Waals surface area contributed by atoms with Crippen molar-refractivity contribution in [3.63, 3.8) is 0 Å². The average molecular weight is 702 g/mol. The summed E-state index contributed by atoms with van der Waals surface area (Å²) in [6, 6.07) is 61.2. The van der Waals surface area contributed by atoms with Gasteiger partial charge in [0.1, 0.15) is 4.83 Å². The molecule has 0 saturated heterocycles. The van der Waals surface area contributed by atoms with Crippen molar-refractivity contribution in [3.8, 4) is 16.1 Å². The fraction of sp³-hybridized carbons (Fsp3) is 0. The quantitative estimate of drug-likeness (QED) is 0.170. The summed E-state index contributed by atoms with van der Waals surface area (Å²) in [7, 11) is 0. The molecule has 14 rings (SSSR count). The van der Waals surface area contributed by atoms with Gasteiger partial charge >= 0.3 is 0 Å². The first-order chi connectivity index (χ1) is 26.8. The summed E-state index contributed by atoms with van der Waals surface area (Å²) in [6.45, 7) is 0. The summed E-state index contributed by atoms with van der Waals surface area (Å²) in [5.74, 6) is 0. The number of nitrogens with zero attached hydrogens (tertiary/aromatic N) is 3. The molecule has 0 spiro atoms. The third kappa shape index (κ3) is 3.22. The average Bonchev–Trinajstić information content (AvgIpc) is 4.04. The van der Waals surface area contributed by atoms with E-state index in [2.05, 4.69) is 177 Å². The highest BCUT2D eigenvalue weighted by Gasteiger charge is 2.23. The fourth-order valence-electron chi connectivity index (χ4n) is 10.1. The van der Waals surface area contributed by atoms with Gasteiger partial charge in [-0.3, -0.25) is 4.40 Å². The van der Waals surface area contributed by atoms with Crippen LogP contribution in [-0.4, -0.2) is 13.4 Å². The van der Waals surface area contributed by atoms with Crippen molar-refractivity contribution in [2.45, 2.75) is 0 Å². The Morgan fingerprint density at radius 1 is 0.352 bits per heavy atom. The molecule has 0 bridgehead atoms. The molecule has 4 heteroatoms. The number of pyridine rings is 1. The smallest absolute Gasteiger partial charge is 0.109 e. The van der Waals surface area contributed by atoms with E-state index in [4.69, 9.17) is 0 Å². The molecule has 0 fully saturated rings. The van der Waals surface area contributed by atoms with Gasteiger partial charge in [-0.2, -0.15) is 0 Å². The van der Waals surface area contributed by atoms with E-state index in [9.17, 15) is 0 Å². The number of para-hydroxylation sites is 4. The third-order valence-electron chi connectivity index (χ3n) is 12.3. The lowest BCUT2D eigenvalue weighted by Crippen LogP contribution is -1.93. The van der Waals surface area contributed by atoms with Crippen LogP contribution in [-0.2, 0) is 0 Å². The van der Waals surface area contributed by atoms with Gasteiger partial charge in [0.05, 0.1) is 38.6 Å². The second-order valence-corrected chi connectivity index (χ2v) is 15.9. The molecule has 0 radical (unpaired) electrons. The third-order valence-corrected chi connectivity index (χ3v) is 13.5. The molecule has 14 aromatic rings. The Morgan fingerprint density at radius 2 is 0.944 bits per heavy atom. The van der Waals surface area contributed by atoms with Crippen LogP contribution >= 0.6 is 11.3 Å². The predicted molar refractivity (Wildman–Crippen MR) is 231 cm³/mol. The predicted octanol–water partition coefficient (Wildman–Crippen LogP) is 14.0. The van der Waals surface area contributed by atoms with Gasteiger partial charge in [-0.05, 0) is 70.9 Å². The van der Waals surface area contributed by atoms with Crippen LogP contribution in [0, 0.1) is 0 Å². The maximum atomic E-state index is 2.56. The number of fused-ring (bicyclic) bond motifs is 15. The summed E-state index contributed by atoms with van der Waals surface area (Å²) in [4.78, 5) is 2.58. The minimum atomic E-state index is 1.19. The molecule has 0 atom stereocenters. The van der Waals surface area contributed by atoms with Crippen molar-refractivity contribution in [3.05, 3.63) is 164 Å². The maximum Gasteiger partial charge on any atom is 0.109 e. The first-order valence-corrected chi connectivity index (χ1v) is 19.4. The van der Waals surface area contributed by atoms with Crippen LogP contribution in [0.4, 0.5) is 0 Å². The zero-order valence-corrected chi connectivity index (χ0v) is 29.7. The molecule has 8 aromatic carbocycles. The maximum absolute atomic E-state index is 2.56. The molecule has 0 unspecified atom stereocenters. The van der Waals surface area contributed by atoms with Gasteiger partial charge in [0, 0.05) is 64.4 Å². The van der Waals surface area contributed by atoms with Crippen LogP contribution in [0.15, 0.2) is 164 Å². The second kappa shape index (κ2) is 9.56. The monoisotopic (exact) mass is 701 g/mol. The van der Waals surface area contributed by atoms with Crippen molar-refractivity contribution in [2.75, 3.05) is 0 Å². The molecule has 6 heterocycles. The Kier molecular flexibility index (Phi) is 4.91. The van der Waals surface area contributed by atoms with E-state index in [0.717, 1.165) is 0 Å². The molecule has 0 N–H and O–H groups in total. The van der Waals surface area contributed by atoms with Crippen LogP contribution in [0.2, 0.25) is 0 Å². The second-order valence-electron chi connectivity index (χ2n) is 14.9. The molecular formula is C50H27N3S. The van der Waals surface area contributed by atoms with E-state index in [-0.39, 0.29) is 0 Å². The van der Waals surface area contributed by atoms with Crippen molar-refractivity contribution < 1.29 is 0 Å². The van der Waals surface area contributed by atoms with E-state index < -0.39 is 0 Å².